The molecule has 0 amide bonds. The van der Waals surface area contributed by atoms with Crippen LogP contribution in [0.2, 0.25) is 0 Å². The zero-order valence-corrected chi connectivity index (χ0v) is 5.04. The number of hydrogen-bond acceptors (Lipinski definition) is 1. The minimum absolute atomic E-state index is 0.690. The maximum Gasteiger partial charge on any atom is 0.0503 e. The molecule has 0 aromatic rings. The second-order valence-corrected chi connectivity index (χ2v) is 2.23. The SMILES string of the molecule is [S]CC1CCOC1. The molecule has 1 unspecified atom stereocenters. The zero-order valence-electron chi connectivity index (χ0n) is 4.22. The van der Waals surface area contributed by atoms with Crippen LogP contribution >= 0.6 is 12.6 Å². The summed E-state index contributed by atoms with van der Waals surface area (Å²) in [4.78, 5) is 0. The second kappa shape index (κ2) is 2.58. The Kier molecular flexibility index (Phi) is 2.00. The fourth-order valence-corrected chi connectivity index (χ4v) is 0.978. The molecule has 1 aliphatic heterocycles. The van der Waals surface area contributed by atoms with E-state index in [4.69, 9.17) is 17.4 Å². The highest BCUT2D eigenvalue weighted by molar-refractivity contribution is 7.80. The van der Waals surface area contributed by atoms with E-state index in [2.05, 4.69) is 0 Å². The van der Waals surface area contributed by atoms with Crippen molar-refractivity contribution in [3.8, 4) is 0 Å². The van der Waals surface area contributed by atoms with E-state index in [0.717, 1.165) is 19.0 Å². The Morgan fingerprint density at radius 1 is 1.71 bits per heavy atom. The molecule has 7 heavy (non-hydrogen) atoms. The molecule has 1 nitrogen and oxygen atoms in total. The summed E-state index contributed by atoms with van der Waals surface area (Å²) in [7, 11) is 0. The normalized spacial score (nSPS) is 31.3. The lowest BCUT2D eigenvalue weighted by Crippen LogP contribution is -1.98. The smallest absolute Gasteiger partial charge is 0.0503 e. The molecule has 0 spiro atoms. The second-order valence-electron chi connectivity index (χ2n) is 1.90. The molecule has 0 aliphatic carbocycles. The van der Waals surface area contributed by atoms with Crippen molar-refractivity contribution in [2.75, 3.05) is 19.0 Å². The summed E-state index contributed by atoms with van der Waals surface area (Å²) < 4.78 is 5.08. The first-order valence-electron chi connectivity index (χ1n) is 2.59. The minimum atomic E-state index is 0.690. The standard InChI is InChI=1S/C5H9OS/c7-4-5-1-2-6-3-5/h5H,1-4H2. The van der Waals surface area contributed by atoms with Crippen LogP contribution in [-0.2, 0) is 4.74 Å². The molecule has 1 atom stereocenters. The molecule has 1 fully saturated rings. The Hall–Kier alpha value is 0.310. The maximum absolute atomic E-state index is 5.08. The Balaban J connectivity index is 2.14. The monoisotopic (exact) mass is 117 g/mol. The summed E-state index contributed by atoms with van der Waals surface area (Å²) in [5.41, 5.74) is 0. The molecule has 1 radical (unpaired) electrons. The van der Waals surface area contributed by atoms with Crippen molar-refractivity contribution >= 4 is 12.6 Å². The van der Waals surface area contributed by atoms with E-state index in [-0.39, 0.29) is 0 Å². The molecule has 1 saturated heterocycles. The van der Waals surface area contributed by atoms with E-state index in [1.54, 1.807) is 0 Å². The first-order chi connectivity index (χ1) is 3.43. The first-order valence-corrected chi connectivity index (χ1v) is 3.17. The van der Waals surface area contributed by atoms with Gasteiger partial charge in [-0.2, -0.15) is 0 Å². The van der Waals surface area contributed by atoms with E-state index in [0.29, 0.717) is 5.92 Å². The van der Waals surface area contributed by atoms with Gasteiger partial charge < -0.3 is 4.74 Å². The fraction of sp³-hybridized carbons (Fsp3) is 1.00. The molecular formula is C5H9OS. The highest BCUT2D eigenvalue weighted by Gasteiger charge is 2.12. The van der Waals surface area contributed by atoms with Gasteiger partial charge in [-0.15, -0.1) is 0 Å². The fourth-order valence-electron chi connectivity index (χ4n) is 0.715. The topological polar surface area (TPSA) is 9.23 Å². The molecule has 1 rings (SSSR count). The minimum Gasteiger partial charge on any atom is -0.381 e. The quantitative estimate of drug-likeness (QED) is 0.502. The molecule has 0 aromatic carbocycles. The van der Waals surface area contributed by atoms with E-state index in [9.17, 15) is 0 Å². The number of rotatable bonds is 1. The van der Waals surface area contributed by atoms with Crippen molar-refractivity contribution < 1.29 is 4.74 Å². The average Bonchev–Trinajstić information content (AvgIpc) is 2.14. The van der Waals surface area contributed by atoms with Crippen LogP contribution in [0.1, 0.15) is 6.42 Å². The van der Waals surface area contributed by atoms with Gasteiger partial charge in [-0.1, -0.05) is 12.6 Å². The van der Waals surface area contributed by atoms with Crippen LogP contribution in [0, 0.1) is 5.92 Å². The summed E-state index contributed by atoms with van der Waals surface area (Å²) in [6.07, 6.45) is 1.18. The molecule has 41 valence electrons. The van der Waals surface area contributed by atoms with Crippen LogP contribution in [0.4, 0.5) is 0 Å². The number of hydrogen-bond donors (Lipinski definition) is 0. The van der Waals surface area contributed by atoms with E-state index in [1.807, 2.05) is 0 Å². The van der Waals surface area contributed by atoms with Gasteiger partial charge in [0.2, 0.25) is 0 Å². The van der Waals surface area contributed by atoms with Crippen molar-refractivity contribution in [3.05, 3.63) is 0 Å². The van der Waals surface area contributed by atoms with Gasteiger partial charge in [-0.3, -0.25) is 0 Å². The predicted molar refractivity (Wildman–Crippen MR) is 31.4 cm³/mol. The van der Waals surface area contributed by atoms with Crippen LogP contribution < -0.4 is 0 Å². The predicted octanol–water partition coefficient (Wildman–Crippen LogP) is 1.22. The average molecular weight is 117 g/mol. The van der Waals surface area contributed by atoms with Crippen LogP contribution in [-0.4, -0.2) is 19.0 Å². The van der Waals surface area contributed by atoms with Crippen molar-refractivity contribution in [1.82, 2.24) is 0 Å². The van der Waals surface area contributed by atoms with Gasteiger partial charge in [0.15, 0.2) is 0 Å². The highest BCUT2D eigenvalue weighted by Crippen LogP contribution is 2.12. The molecule has 2 heteroatoms. The van der Waals surface area contributed by atoms with Gasteiger partial charge in [-0.05, 0) is 12.3 Å². The van der Waals surface area contributed by atoms with Gasteiger partial charge in [0.1, 0.15) is 0 Å². The van der Waals surface area contributed by atoms with Crippen LogP contribution in [0.5, 0.6) is 0 Å². The Morgan fingerprint density at radius 3 is 2.86 bits per heavy atom. The van der Waals surface area contributed by atoms with Crippen molar-refractivity contribution in [2.45, 2.75) is 6.42 Å². The lowest BCUT2D eigenvalue weighted by Gasteiger charge is -1.96. The summed E-state index contributed by atoms with van der Waals surface area (Å²) >= 11 is 4.83. The third-order valence-electron chi connectivity index (χ3n) is 1.26. The summed E-state index contributed by atoms with van der Waals surface area (Å²) in [6.45, 7) is 1.84. The van der Waals surface area contributed by atoms with E-state index < -0.39 is 0 Å². The third kappa shape index (κ3) is 1.35. The largest absolute Gasteiger partial charge is 0.381 e. The first kappa shape index (κ1) is 5.45. The molecule has 1 heterocycles. The summed E-state index contributed by atoms with van der Waals surface area (Å²) in [5, 5.41) is 0. The molecule has 0 N–H and O–H groups in total. The van der Waals surface area contributed by atoms with Gasteiger partial charge in [0, 0.05) is 12.4 Å². The molecule has 1 aliphatic rings. The van der Waals surface area contributed by atoms with Crippen LogP contribution in [0.25, 0.3) is 0 Å². The summed E-state index contributed by atoms with van der Waals surface area (Å²) in [6, 6.07) is 0. The highest BCUT2D eigenvalue weighted by atomic mass is 32.1. The Labute approximate surface area is 49.5 Å². The van der Waals surface area contributed by atoms with Crippen molar-refractivity contribution in [3.63, 3.8) is 0 Å². The molecular weight excluding hydrogens is 108 g/mol. The molecule has 0 saturated carbocycles. The van der Waals surface area contributed by atoms with E-state index in [1.165, 1.54) is 6.42 Å². The lowest BCUT2D eigenvalue weighted by molar-refractivity contribution is 0.189. The lowest BCUT2D eigenvalue weighted by atomic mass is 10.2. The Morgan fingerprint density at radius 2 is 2.57 bits per heavy atom. The molecule has 0 bridgehead atoms. The van der Waals surface area contributed by atoms with Gasteiger partial charge in [0.05, 0.1) is 6.61 Å². The van der Waals surface area contributed by atoms with Crippen molar-refractivity contribution in [2.24, 2.45) is 5.92 Å². The maximum atomic E-state index is 5.08. The van der Waals surface area contributed by atoms with Crippen molar-refractivity contribution in [1.29, 1.82) is 0 Å². The van der Waals surface area contributed by atoms with Gasteiger partial charge in [0.25, 0.3) is 0 Å². The van der Waals surface area contributed by atoms with E-state index >= 15 is 0 Å². The van der Waals surface area contributed by atoms with Crippen LogP contribution in [0.15, 0.2) is 0 Å². The van der Waals surface area contributed by atoms with Crippen LogP contribution in [0.3, 0.4) is 0 Å². The van der Waals surface area contributed by atoms with Gasteiger partial charge in [-0.25, -0.2) is 0 Å². The van der Waals surface area contributed by atoms with Gasteiger partial charge >= 0.3 is 0 Å². The summed E-state index contributed by atoms with van der Waals surface area (Å²) in [5.74, 6) is 1.56. The zero-order chi connectivity index (χ0) is 5.11. The molecule has 0 aromatic heterocycles. The Bertz CT molecular complexity index is 50.0. The number of ether oxygens (including phenoxy) is 1. The third-order valence-corrected chi connectivity index (χ3v) is 1.73.